The number of hydrogen-bond acceptors (Lipinski definition) is 14. The van der Waals surface area contributed by atoms with Crippen molar-refractivity contribution in [1.82, 2.24) is 9.13 Å². The normalized spacial score (nSPS) is 13.5. The standard InChI is InChI=1S/C42H55N7O11S2/c1-9-26(10-2)35(28-15-18-30(19-16-28)43-45-37-25(8)33(23-62(58,59)60)40(51)49(14-6)42(37)53)29-17-20-34(31(21-29)38(50)27(11-3)12-4)44-46-36-24(7)32(22-61(55,56)57)39(47-54)48(13-5)41(36)52/h15-21,26-27,35,38,50-51H,9-14,22-23H2,1-8H3,(H,55,56,57)(H,58,59,60). The molecule has 2 unspecified atom stereocenters. The van der Waals surface area contributed by atoms with Crippen LogP contribution in [0.25, 0.3) is 0 Å². The second-order valence-electron chi connectivity index (χ2n) is 15.1. The van der Waals surface area contributed by atoms with Crippen LogP contribution in [0.15, 0.2) is 77.7 Å². The first-order valence-electron chi connectivity index (χ1n) is 20.4. The number of nitrogens with zero attached hydrogens (tertiary/aromatic N) is 7. The van der Waals surface area contributed by atoms with Crippen LogP contribution in [-0.2, 0) is 44.8 Å². The lowest BCUT2D eigenvalue weighted by atomic mass is 9.77. The van der Waals surface area contributed by atoms with Gasteiger partial charge >= 0.3 is 0 Å². The number of azo groups is 2. The van der Waals surface area contributed by atoms with Gasteiger partial charge in [0.25, 0.3) is 31.4 Å². The number of aliphatic hydroxyl groups is 1. The molecule has 4 rings (SSSR count). The van der Waals surface area contributed by atoms with Crippen molar-refractivity contribution in [1.29, 1.82) is 0 Å². The first-order chi connectivity index (χ1) is 29.2. The Kier molecular flexibility index (Phi) is 16.5. The van der Waals surface area contributed by atoms with Gasteiger partial charge in [0.15, 0.2) is 23.1 Å². The Morgan fingerprint density at radius 3 is 1.63 bits per heavy atom. The molecular weight excluding hydrogens is 843 g/mol. The van der Waals surface area contributed by atoms with Crippen LogP contribution in [0.1, 0.15) is 118 Å². The summed E-state index contributed by atoms with van der Waals surface area (Å²) in [5, 5.41) is 42.5. The molecule has 20 heteroatoms. The second-order valence-corrected chi connectivity index (χ2v) is 18.0. The van der Waals surface area contributed by atoms with E-state index in [1.807, 2.05) is 38.1 Å². The maximum atomic E-state index is 13.5. The highest BCUT2D eigenvalue weighted by Crippen LogP contribution is 2.42. The molecule has 0 aliphatic rings. The molecule has 0 saturated carbocycles. The van der Waals surface area contributed by atoms with E-state index in [9.17, 15) is 50.7 Å². The molecule has 2 aromatic carbocycles. The van der Waals surface area contributed by atoms with Gasteiger partial charge in [-0.15, -0.1) is 20.2 Å². The van der Waals surface area contributed by atoms with E-state index in [-0.39, 0.29) is 70.2 Å². The number of rotatable bonds is 20. The predicted octanol–water partition coefficient (Wildman–Crippen LogP) is 9.41. The van der Waals surface area contributed by atoms with Crippen LogP contribution in [0.5, 0.6) is 5.88 Å². The van der Waals surface area contributed by atoms with E-state index in [1.54, 1.807) is 32.0 Å². The fraction of sp³-hybridized carbons (Fsp3) is 0.476. The molecule has 0 bridgehead atoms. The molecule has 336 valence electrons. The highest BCUT2D eigenvalue weighted by Gasteiger charge is 2.28. The number of aliphatic hydroxyl groups excluding tert-OH is 1. The minimum absolute atomic E-state index is 0.00401. The molecule has 2 aromatic heterocycles. The Balaban J connectivity index is 1.86. The van der Waals surface area contributed by atoms with Gasteiger partial charge in [-0.3, -0.25) is 27.8 Å². The van der Waals surface area contributed by atoms with E-state index < -0.39 is 60.7 Å². The SMILES string of the molecule is CCC(CC)C(O)c1cc(C(c2ccc(N=Nc3c(C)c(CS(=O)(=O)O)c(O)n(CC)c3=O)cc2)C(CC)CC)ccc1N=Nc1c(C)c(CS(=O)(=O)O)c(N=O)n(CC)c1=O. The maximum absolute atomic E-state index is 13.5. The van der Waals surface area contributed by atoms with Crippen LogP contribution < -0.4 is 11.1 Å². The van der Waals surface area contributed by atoms with Crippen molar-refractivity contribution < 1.29 is 36.2 Å². The number of aromatic nitrogens is 2. The van der Waals surface area contributed by atoms with Crippen molar-refractivity contribution in [2.45, 2.75) is 118 Å². The second kappa shape index (κ2) is 20.7. The van der Waals surface area contributed by atoms with E-state index >= 15 is 0 Å². The maximum Gasteiger partial charge on any atom is 0.281 e. The molecule has 0 fully saturated rings. The molecule has 0 amide bonds. The smallest absolute Gasteiger partial charge is 0.281 e. The Labute approximate surface area is 361 Å². The molecule has 4 N–H and O–H groups in total. The lowest BCUT2D eigenvalue weighted by Gasteiger charge is -2.28. The summed E-state index contributed by atoms with van der Waals surface area (Å²) in [5.74, 6) is -3.16. The molecule has 0 radical (unpaired) electrons. The third kappa shape index (κ3) is 11.0. The van der Waals surface area contributed by atoms with E-state index in [1.165, 1.54) is 13.8 Å². The lowest BCUT2D eigenvalue weighted by molar-refractivity contribution is 0.104. The van der Waals surface area contributed by atoms with Gasteiger partial charge in [-0.1, -0.05) is 77.6 Å². The summed E-state index contributed by atoms with van der Waals surface area (Å²) in [6.45, 7) is 14.0. The van der Waals surface area contributed by atoms with Crippen LogP contribution in [-0.4, -0.2) is 45.3 Å². The van der Waals surface area contributed by atoms with Crippen molar-refractivity contribution in [3.05, 3.63) is 107 Å². The summed E-state index contributed by atoms with van der Waals surface area (Å²) >= 11 is 0. The number of pyridine rings is 2. The van der Waals surface area contributed by atoms with Gasteiger partial charge in [0, 0.05) is 35.7 Å². The Bertz CT molecular complexity index is 2690. The minimum Gasteiger partial charge on any atom is -0.494 e. The van der Waals surface area contributed by atoms with Crippen molar-refractivity contribution in [3.8, 4) is 5.88 Å². The summed E-state index contributed by atoms with van der Waals surface area (Å²) < 4.78 is 68.3. The molecule has 4 aromatic rings. The average molecular weight is 898 g/mol. The molecule has 62 heavy (non-hydrogen) atoms. The van der Waals surface area contributed by atoms with Gasteiger partial charge in [0.05, 0.1) is 17.5 Å². The van der Waals surface area contributed by atoms with Gasteiger partial charge < -0.3 is 10.2 Å². The Hall–Kier alpha value is -5.28. The van der Waals surface area contributed by atoms with Crippen molar-refractivity contribution in [2.75, 3.05) is 0 Å². The summed E-state index contributed by atoms with van der Waals surface area (Å²) in [5.41, 5.74) is 0.682. The van der Waals surface area contributed by atoms with Gasteiger partial charge in [-0.2, -0.15) is 21.9 Å². The van der Waals surface area contributed by atoms with Crippen molar-refractivity contribution >= 4 is 48.8 Å². The van der Waals surface area contributed by atoms with Gasteiger partial charge in [0.1, 0.15) is 11.5 Å². The van der Waals surface area contributed by atoms with Crippen LogP contribution in [0, 0.1) is 30.6 Å². The molecule has 0 aliphatic carbocycles. The molecule has 0 spiro atoms. The predicted molar refractivity (Wildman–Crippen MR) is 236 cm³/mol. The number of aromatic hydroxyl groups is 1. The minimum atomic E-state index is -4.64. The largest absolute Gasteiger partial charge is 0.494 e. The highest BCUT2D eigenvalue weighted by molar-refractivity contribution is 7.85. The van der Waals surface area contributed by atoms with E-state index in [0.717, 1.165) is 33.1 Å². The van der Waals surface area contributed by atoms with Gasteiger partial charge in [0.2, 0.25) is 0 Å². The molecular formula is C42H55N7O11S2. The van der Waals surface area contributed by atoms with Crippen molar-refractivity contribution in [3.63, 3.8) is 0 Å². The van der Waals surface area contributed by atoms with E-state index in [0.29, 0.717) is 24.1 Å². The summed E-state index contributed by atoms with van der Waals surface area (Å²) in [6.07, 6.45) is 1.88. The summed E-state index contributed by atoms with van der Waals surface area (Å²) in [6, 6.07) is 12.6. The third-order valence-corrected chi connectivity index (χ3v) is 12.8. The van der Waals surface area contributed by atoms with Crippen LogP contribution >= 0.6 is 0 Å². The fourth-order valence-electron chi connectivity index (χ4n) is 7.89. The first kappa shape index (κ1) is 49.4. The van der Waals surface area contributed by atoms with Crippen LogP contribution in [0.4, 0.5) is 28.6 Å². The quantitative estimate of drug-likeness (QED) is 0.0368. The highest BCUT2D eigenvalue weighted by atomic mass is 32.2. The molecule has 0 saturated heterocycles. The van der Waals surface area contributed by atoms with E-state index in [4.69, 9.17) is 0 Å². The number of hydrogen-bond donors (Lipinski definition) is 4. The Morgan fingerprint density at radius 1 is 0.645 bits per heavy atom. The summed E-state index contributed by atoms with van der Waals surface area (Å²) in [7, 11) is -9.20. The third-order valence-electron chi connectivity index (χ3n) is 11.5. The zero-order valence-corrected chi connectivity index (χ0v) is 37.7. The fourth-order valence-corrected chi connectivity index (χ4v) is 9.31. The zero-order valence-electron chi connectivity index (χ0n) is 36.1. The topological polar surface area (TPSA) is 272 Å². The van der Waals surface area contributed by atoms with Crippen molar-refractivity contribution in [2.24, 2.45) is 37.5 Å². The molecule has 2 atom stereocenters. The summed E-state index contributed by atoms with van der Waals surface area (Å²) in [4.78, 5) is 38.5. The first-order valence-corrected chi connectivity index (χ1v) is 23.6. The molecule has 0 aliphatic heterocycles. The van der Waals surface area contributed by atoms with Crippen LogP contribution in [0.2, 0.25) is 0 Å². The van der Waals surface area contributed by atoms with E-state index in [2.05, 4.69) is 39.5 Å². The molecule has 2 heterocycles. The average Bonchev–Trinajstić information content (AvgIpc) is 3.22. The van der Waals surface area contributed by atoms with Gasteiger partial charge in [-0.25, -0.2) is 0 Å². The Morgan fingerprint density at radius 2 is 1.13 bits per heavy atom. The zero-order chi connectivity index (χ0) is 46.3. The van der Waals surface area contributed by atoms with Gasteiger partial charge in [-0.05, 0) is 85.2 Å². The number of benzene rings is 2. The lowest BCUT2D eigenvalue weighted by Crippen LogP contribution is -2.22. The monoisotopic (exact) mass is 897 g/mol. The number of nitroso groups, excluding NO2 is 1. The molecule has 18 nitrogen and oxygen atoms in total. The van der Waals surface area contributed by atoms with Crippen LogP contribution in [0.3, 0.4) is 0 Å².